The monoisotopic (exact) mass is 238 g/mol. The van der Waals surface area contributed by atoms with Crippen molar-refractivity contribution in [2.75, 3.05) is 0 Å². The third kappa shape index (κ3) is 4.30. The van der Waals surface area contributed by atoms with Gasteiger partial charge in [0.1, 0.15) is 0 Å². The van der Waals surface area contributed by atoms with Gasteiger partial charge in [-0.15, -0.1) is 0 Å². The topological polar surface area (TPSA) is 55.1 Å². The molecule has 2 aliphatic rings. The van der Waals surface area contributed by atoms with E-state index in [1.54, 1.807) is 0 Å². The maximum atomic E-state index is 11.8. The lowest BCUT2D eigenvalue weighted by atomic mass is 9.86. The first-order chi connectivity index (χ1) is 8.24. The maximum absolute atomic E-state index is 11.8. The summed E-state index contributed by atoms with van der Waals surface area (Å²) in [5.74, 6) is 1.05. The van der Waals surface area contributed by atoms with E-state index in [0.29, 0.717) is 12.1 Å². The van der Waals surface area contributed by atoms with Crippen LogP contribution in [-0.2, 0) is 4.79 Å². The number of hydrogen-bond acceptors (Lipinski definition) is 2. The Morgan fingerprint density at radius 1 is 1.12 bits per heavy atom. The Balaban J connectivity index is 1.60. The van der Waals surface area contributed by atoms with E-state index in [1.165, 1.54) is 32.1 Å². The van der Waals surface area contributed by atoms with E-state index in [4.69, 9.17) is 5.73 Å². The molecule has 0 aliphatic heterocycles. The molecule has 1 amide bonds. The molecule has 3 heteroatoms. The zero-order valence-electron chi connectivity index (χ0n) is 10.8. The van der Waals surface area contributed by atoms with Gasteiger partial charge in [0.25, 0.3) is 0 Å². The molecular weight excluding hydrogens is 212 g/mol. The molecule has 0 aromatic rings. The van der Waals surface area contributed by atoms with Crippen LogP contribution in [-0.4, -0.2) is 18.0 Å². The minimum absolute atomic E-state index is 0.245. The molecule has 98 valence electrons. The summed E-state index contributed by atoms with van der Waals surface area (Å²) in [7, 11) is 0. The third-order valence-electron chi connectivity index (χ3n) is 4.34. The average molecular weight is 238 g/mol. The van der Waals surface area contributed by atoms with Crippen LogP contribution in [0.15, 0.2) is 0 Å². The quantitative estimate of drug-likeness (QED) is 0.790. The Bertz CT molecular complexity index is 249. The first-order valence-corrected chi connectivity index (χ1v) is 7.29. The van der Waals surface area contributed by atoms with E-state index >= 15 is 0 Å². The van der Waals surface area contributed by atoms with Crippen molar-refractivity contribution in [3.05, 3.63) is 0 Å². The summed E-state index contributed by atoms with van der Waals surface area (Å²) in [5.41, 5.74) is 5.84. The Morgan fingerprint density at radius 2 is 1.88 bits per heavy atom. The van der Waals surface area contributed by atoms with E-state index in [2.05, 4.69) is 5.32 Å². The molecule has 2 fully saturated rings. The average Bonchev–Trinajstić information content (AvgIpc) is 2.73. The maximum Gasteiger partial charge on any atom is 0.220 e. The van der Waals surface area contributed by atoms with Crippen molar-refractivity contribution in [2.24, 2.45) is 11.7 Å². The van der Waals surface area contributed by atoms with Crippen molar-refractivity contribution in [3.63, 3.8) is 0 Å². The summed E-state index contributed by atoms with van der Waals surface area (Å²) < 4.78 is 0. The molecule has 0 aromatic heterocycles. The highest BCUT2D eigenvalue weighted by Crippen LogP contribution is 2.27. The van der Waals surface area contributed by atoms with Gasteiger partial charge in [0, 0.05) is 18.5 Å². The highest BCUT2D eigenvalue weighted by molar-refractivity contribution is 5.76. The summed E-state index contributed by atoms with van der Waals surface area (Å²) >= 11 is 0. The number of rotatable bonds is 4. The van der Waals surface area contributed by atoms with Crippen LogP contribution < -0.4 is 11.1 Å². The van der Waals surface area contributed by atoms with Gasteiger partial charge < -0.3 is 11.1 Å². The van der Waals surface area contributed by atoms with E-state index < -0.39 is 0 Å². The van der Waals surface area contributed by atoms with E-state index in [1.807, 2.05) is 0 Å². The molecule has 0 heterocycles. The van der Waals surface area contributed by atoms with Crippen molar-refractivity contribution in [1.82, 2.24) is 5.32 Å². The van der Waals surface area contributed by atoms with Crippen molar-refractivity contribution < 1.29 is 4.79 Å². The van der Waals surface area contributed by atoms with Gasteiger partial charge in [-0.1, -0.05) is 32.1 Å². The van der Waals surface area contributed by atoms with Crippen molar-refractivity contribution in [3.8, 4) is 0 Å². The van der Waals surface area contributed by atoms with Crippen LogP contribution in [0, 0.1) is 5.92 Å². The number of carbonyl (C=O) groups is 1. The predicted octanol–water partition coefficient (Wildman–Crippen LogP) is 2.34. The van der Waals surface area contributed by atoms with Crippen molar-refractivity contribution in [1.29, 1.82) is 0 Å². The zero-order chi connectivity index (χ0) is 12.1. The molecule has 2 atom stereocenters. The van der Waals surface area contributed by atoms with Crippen LogP contribution in [0.5, 0.6) is 0 Å². The summed E-state index contributed by atoms with van der Waals surface area (Å²) in [5, 5.41) is 3.13. The lowest BCUT2D eigenvalue weighted by Crippen LogP contribution is -2.34. The van der Waals surface area contributed by atoms with E-state index in [0.717, 1.165) is 38.0 Å². The number of amides is 1. The third-order valence-corrected chi connectivity index (χ3v) is 4.34. The van der Waals surface area contributed by atoms with Gasteiger partial charge in [0.05, 0.1) is 0 Å². The zero-order valence-corrected chi connectivity index (χ0v) is 10.8. The second-order valence-corrected chi connectivity index (χ2v) is 5.88. The van der Waals surface area contributed by atoms with Crippen LogP contribution >= 0.6 is 0 Å². The van der Waals surface area contributed by atoms with Crippen LogP contribution in [0.3, 0.4) is 0 Å². The molecule has 3 N–H and O–H groups in total. The first kappa shape index (κ1) is 12.9. The predicted molar refractivity (Wildman–Crippen MR) is 69.6 cm³/mol. The fourth-order valence-corrected chi connectivity index (χ4v) is 3.26. The van der Waals surface area contributed by atoms with Gasteiger partial charge in [-0.3, -0.25) is 4.79 Å². The smallest absolute Gasteiger partial charge is 0.220 e. The fourth-order valence-electron chi connectivity index (χ4n) is 3.26. The molecule has 2 unspecified atom stereocenters. The number of hydrogen-bond donors (Lipinski definition) is 2. The Morgan fingerprint density at radius 3 is 2.53 bits per heavy atom. The summed E-state index contributed by atoms with van der Waals surface area (Å²) in [6.07, 6.45) is 11.7. The molecule has 0 bridgehead atoms. The molecule has 2 rings (SSSR count). The van der Waals surface area contributed by atoms with Gasteiger partial charge in [-0.25, -0.2) is 0 Å². The fraction of sp³-hybridized carbons (Fsp3) is 0.929. The molecule has 0 aromatic carbocycles. The second-order valence-electron chi connectivity index (χ2n) is 5.88. The minimum Gasteiger partial charge on any atom is -0.353 e. The van der Waals surface area contributed by atoms with Gasteiger partial charge in [-0.2, -0.15) is 0 Å². The minimum atomic E-state index is 0.245. The molecule has 2 aliphatic carbocycles. The Kier molecular flexibility index (Phi) is 4.84. The lowest BCUT2D eigenvalue weighted by molar-refractivity contribution is -0.122. The van der Waals surface area contributed by atoms with E-state index in [-0.39, 0.29) is 5.91 Å². The lowest BCUT2D eigenvalue weighted by Gasteiger charge is -2.21. The molecule has 3 nitrogen and oxygen atoms in total. The molecule has 17 heavy (non-hydrogen) atoms. The van der Waals surface area contributed by atoms with Crippen LogP contribution in [0.1, 0.15) is 64.2 Å². The molecule has 0 spiro atoms. The molecule has 0 saturated heterocycles. The SMILES string of the molecule is NC1CCC(NC(=O)CCC2CCCCC2)C1. The van der Waals surface area contributed by atoms with Gasteiger partial charge in [0.2, 0.25) is 5.91 Å². The molecule has 2 saturated carbocycles. The molecular formula is C14H26N2O. The number of nitrogens with two attached hydrogens (primary N) is 1. The summed E-state index contributed by atoms with van der Waals surface area (Å²) in [4.78, 5) is 11.8. The van der Waals surface area contributed by atoms with Crippen molar-refractivity contribution >= 4 is 5.91 Å². The standard InChI is InChI=1S/C14H26N2O/c15-12-7-8-13(10-12)16-14(17)9-6-11-4-2-1-3-5-11/h11-13H,1-10,15H2,(H,16,17). The number of nitrogens with one attached hydrogen (secondary N) is 1. The highest BCUT2D eigenvalue weighted by Gasteiger charge is 2.23. The molecule has 0 radical (unpaired) electrons. The Hall–Kier alpha value is -0.570. The van der Waals surface area contributed by atoms with Gasteiger partial charge in [0.15, 0.2) is 0 Å². The summed E-state index contributed by atoms with van der Waals surface area (Å²) in [6.45, 7) is 0. The number of carbonyl (C=O) groups excluding carboxylic acids is 1. The Labute approximate surface area is 105 Å². The van der Waals surface area contributed by atoms with Gasteiger partial charge in [-0.05, 0) is 31.6 Å². The highest BCUT2D eigenvalue weighted by atomic mass is 16.1. The van der Waals surface area contributed by atoms with Crippen LogP contribution in [0.2, 0.25) is 0 Å². The second kappa shape index (κ2) is 6.39. The van der Waals surface area contributed by atoms with E-state index in [9.17, 15) is 4.79 Å². The van der Waals surface area contributed by atoms with Gasteiger partial charge >= 0.3 is 0 Å². The van der Waals surface area contributed by atoms with Crippen LogP contribution in [0.4, 0.5) is 0 Å². The normalized spacial score (nSPS) is 30.4. The summed E-state index contributed by atoms with van der Waals surface area (Å²) in [6, 6.07) is 0.655. The van der Waals surface area contributed by atoms with Crippen molar-refractivity contribution in [2.45, 2.75) is 76.3 Å². The first-order valence-electron chi connectivity index (χ1n) is 7.29. The van der Waals surface area contributed by atoms with Crippen LogP contribution in [0.25, 0.3) is 0 Å². The largest absolute Gasteiger partial charge is 0.353 e.